The van der Waals surface area contributed by atoms with E-state index in [9.17, 15) is 14.0 Å². The Labute approximate surface area is 208 Å². The van der Waals surface area contributed by atoms with E-state index in [2.05, 4.69) is 6.08 Å². The molecule has 1 heterocycles. The first-order valence-electron chi connectivity index (χ1n) is 11.8. The fraction of sp³-hybridized carbons (Fsp3) is 0.333. The molecule has 6 nitrogen and oxygen atoms in total. The molecular weight excluding hydrogens is 463 g/mol. The van der Waals surface area contributed by atoms with Crippen LogP contribution >= 0.6 is 11.8 Å². The van der Waals surface area contributed by atoms with Crippen LogP contribution in [0.1, 0.15) is 38.5 Å². The van der Waals surface area contributed by atoms with Crippen molar-refractivity contribution in [3.8, 4) is 6.07 Å². The summed E-state index contributed by atoms with van der Waals surface area (Å²) in [5.74, 6) is -0.905. The van der Waals surface area contributed by atoms with Crippen molar-refractivity contribution in [2.24, 2.45) is 0 Å². The van der Waals surface area contributed by atoms with Gasteiger partial charge in [0.2, 0.25) is 5.91 Å². The highest BCUT2D eigenvalue weighted by Crippen LogP contribution is 2.25. The maximum absolute atomic E-state index is 14.4. The number of hydrogen-bond acceptors (Lipinski definition) is 5. The molecule has 2 aromatic carbocycles. The number of carbonyl (C=O) groups excluding carboxylic acids is 1. The van der Waals surface area contributed by atoms with Gasteiger partial charge in [-0.05, 0) is 56.4 Å². The van der Waals surface area contributed by atoms with Crippen LogP contribution in [0.4, 0.5) is 10.1 Å². The predicted octanol–water partition coefficient (Wildman–Crippen LogP) is 5.47. The lowest BCUT2D eigenvalue weighted by molar-refractivity contribution is -0.116. The Bertz CT molecular complexity index is 1340. The molecule has 0 spiro atoms. The fourth-order valence-electron chi connectivity index (χ4n) is 4.26. The topological polar surface area (TPSA) is 79.0 Å². The van der Waals surface area contributed by atoms with Gasteiger partial charge in [0.05, 0.1) is 34.8 Å². The van der Waals surface area contributed by atoms with Crippen LogP contribution in [-0.2, 0) is 11.3 Å². The number of rotatable bonds is 9. The van der Waals surface area contributed by atoms with Crippen LogP contribution in [-0.4, -0.2) is 27.8 Å². The Balaban J connectivity index is 1.59. The molecule has 1 aliphatic carbocycles. The van der Waals surface area contributed by atoms with Crippen molar-refractivity contribution in [3.05, 3.63) is 76.4 Å². The Morgan fingerprint density at radius 3 is 2.74 bits per heavy atom. The quantitative estimate of drug-likeness (QED) is 0.226. The molecular formula is C27H27FN4O2S. The molecule has 8 heteroatoms. The molecule has 35 heavy (non-hydrogen) atoms. The average molecular weight is 491 g/mol. The zero-order valence-corrected chi connectivity index (χ0v) is 20.3. The van der Waals surface area contributed by atoms with Gasteiger partial charge < -0.3 is 4.90 Å². The number of aromatic nitrogens is 2. The SMILES string of the molecule is N#CCCN(C(=O)CSc1nc2ccccc2c(=O)n1CCC1=CCCCC1)c1ccccc1F. The summed E-state index contributed by atoms with van der Waals surface area (Å²) in [4.78, 5) is 32.4. The van der Waals surface area contributed by atoms with E-state index in [4.69, 9.17) is 10.2 Å². The Morgan fingerprint density at radius 1 is 1.17 bits per heavy atom. The smallest absolute Gasteiger partial charge is 0.262 e. The van der Waals surface area contributed by atoms with Crippen LogP contribution < -0.4 is 10.5 Å². The summed E-state index contributed by atoms with van der Waals surface area (Å²) in [6.45, 7) is 0.577. The lowest BCUT2D eigenvalue weighted by Gasteiger charge is -2.22. The highest BCUT2D eigenvalue weighted by molar-refractivity contribution is 7.99. The Kier molecular flexibility index (Phi) is 8.32. The van der Waals surface area contributed by atoms with E-state index >= 15 is 0 Å². The van der Waals surface area contributed by atoms with Crippen molar-refractivity contribution in [2.75, 3.05) is 17.2 Å². The second-order valence-electron chi connectivity index (χ2n) is 8.42. The van der Waals surface area contributed by atoms with Crippen molar-refractivity contribution < 1.29 is 9.18 Å². The van der Waals surface area contributed by atoms with Crippen LogP contribution in [0.5, 0.6) is 0 Å². The van der Waals surface area contributed by atoms with Gasteiger partial charge >= 0.3 is 0 Å². The highest BCUT2D eigenvalue weighted by Gasteiger charge is 2.21. The largest absolute Gasteiger partial charge is 0.308 e. The zero-order valence-electron chi connectivity index (χ0n) is 19.5. The number of anilines is 1. The minimum Gasteiger partial charge on any atom is -0.308 e. The molecule has 4 rings (SSSR count). The van der Waals surface area contributed by atoms with Crippen LogP contribution in [0.15, 0.2) is 70.1 Å². The van der Waals surface area contributed by atoms with Gasteiger partial charge in [-0.2, -0.15) is 5.26 Å². The maximum Gasteiger partial charge on any atom is 0.262 e. The third-order valence-electron chi connectivity index (χ3n) is 6.08. The van der Waals surface area contributed by atoms with E-state index in [1.54, 1.807) is 28.8 Å². The summed E-state index contributed by atoms with van der Waals surface area (Å²) >= 11 is 1.17. The maximum atomic E-state index is 14.4. The summed E-state index contributed by atoms with van der Waals surface area (Å²) in [6.07, 6.45) is 7.61. The highest BCUT2D eigenvalue weighted by atomic mass is 32.2. The normalized spacial score (nSPS) is 13.3. The van der Waals surface area contributed by atoms with Crippen molar-refractivity contribution >= 4 is 34.3 Å². The average Bonchev–Trinajstić information content (AvgIpc) is 2.89. The lowest BCUT2D eigenvalue weighted by atomic mass is 9.97. The van der Waals surface area contributed by atoms with E-state index in [0.717, 1.165) is 19.3 Å². The van der Waals surface area contributed by atoms with Crippen LogP contribution in [0, 0.1) is 17.1 Å². The zero-order chi connectivity index (χ0) is 24.6. The molecule has 0 saturated carbocycles. The third-order valence-corrected chi connectivity index (χ3v) is 7.05. The van der Waals surface area contributed by atoms with Crippen molar-refractivity contribution in [2.45, 2.75) is 50.2 Å². The number of para-hydroxylation sites is 2. The van der Waals surface area contributed by atoms with E-state index in [0.29, 0.717) is 22.6 Å². The number of benzene rings is 2. The molecule has 0 bridgehead atoms. The first-order chi connectivity index (χ1) is 17.1. The molecule has 0 N–H and O–H groups in total. The Hall–Kier alpha value is -3.44. The molecule has 180 valence electrons. The molecule has 1 aliphatic rings. The first-order valence-corrected chi connectivity index (χ1v) is 12.8. The van der Waals surface area contributed by atoms with E-state index < -0.39 is 5.82 Å². The first kappa shape index (κ1) is 24.7. The van der Waals surface area contributed by atoms with Gasteiger partial charge in [-0.3, -0.25) is 14.2 Å². The van der Waals surface area contributed by atoms with Crippen LogP contribution in [0.2, 0.25) is 0 Å². The number of nitrogens with zero attached hydrogens (tertiary/aromatic N) is 4. The standard InChI is InChI=1S/C27H27FN4O2S/c28-22-12-5-7-14-24(22)31(17-8-16-29)25(33)19-35-27-30-23-13-6-4-11-21(23)26(34)32(27)18-15-20-9-2-1-3-10-20/h4-7,9,11-14H,1-3,8,10,15,17-19H2. The molecule has 0 radical (unpaired) electrons. The molecule has 1 amide bonds. The molecule has 0 fully saturated rings. The van der Waals surface area contributed by atoms with Crippen molar-refractivity contribution in [1.29, 1.82) is 5.26 Å². The van der Waals surface area contributed by atoms with Crippen LogP contribution in [0.3, 0.4) is 0 Å². The number of amides is 1. The second kappa shape index (κ2) is 11.8. The number of fused-ring (bicyclic) bond motifs is 1. The summed E-state index contributed by atoms with van der Waals surface area (Å²) in [5.41, 5.74) is 1.94. The summed E-state index contributed by atoms with van der Waals surface area (Å²) in [7, 11) is 0. The third kappa shape index (κ3) is 5.98. The van der Waals surface area contributed by atoms with E-state index in [-0.39, 0.29) is 35.9 Å². The van der Waals surface area contributed by atoms with Gasteiger partial charge in [0.1, 0.15) is 5.82 Å². The molecule has 0 atom stereocenters. The minimum atomic E-state index is -0.523. The molecule has 0 unspecified atom stereocenters. The minimum absolute atomic E-state index is 0.0345. The van der Waals surface area contributed by atoms with Gasteiger partial charge in [-0.25, -0.2) is 9.37 Å². The van der Waals surface area contributed by atoms with Crippen molar-refractivity contribution in [3.63, 3.8) is 0 Å². The lowest BCUT2D eigenvalue weighted by Crippen LogP contribution is -2.34. The fourth-order valence-corrected chi connectivity index (χ4v) is 5.16. The number of hydrogen-bond donors (Lipinski definition) is 0. The number of nitriles is 1. The molecule has 0 aliphatic heterocycles. The predicted molar refractivity (Wildman–Crippen MR) is 137 cm³/mol. The number of carbonyl (C=O) groups is 1. The van der Waals surface area contributed by atoms with Gasteiger partial charge in [0.15, 0.2) is 5.16 Å². The monoisotopic (exact) mass is 490 g/mol. The van der Waals surface area contributed by atoms with Crippen molar-refractivity contribution in [1.82, 2.24) is 9.55 Å². The number of thioether (sulfide) groups is 1. The van der Waals surface area contributed by atoms with Crippen LogP contribution in [0.25, 0.3) is 10.9 Å². The summed E-state index contributed by atoms with van der Waals surface area (Å²) in [5, 5.41) is 10.0. The van der Waals surface area contributed by atoms with E-state index in [1.165, 1.54) is 47.2 Å². The Morgan fingerprint density at radius 2 is 1.97 bits per heavy atom. The van der Waals surface area contributed by atoms with E-state index in [1.807, 2.05) is 18.2 Å². The summed E-state index contributed by atoms with van der Waals surface area (Å²) in [6, 6.07) is 15.2. The van der Waals surface area contributed by atoms with Gasteiger partial charge in [0.25, 0.3) is 5.56 Å². The number of halogens is 1. The van der Waals surface area contributed by atoms with Gasteiger partial charge in [0, 0.05) is 13.1 Å². The van der Waals surface area contributed by atoms with Gasteiger partial charge in [-0.1, -0.05) is 47.7 Å². The molecule has 0 saturated heterocycles. The molecule has 1 aromatic heterocycles. The van der Waals surface area contributed by atoms with Gasteiger partial charge in [-0.15, -0.1) is 0 Å². The second-order valence-corrected chi connectivity index (χ2v) is 9.36. The molecule has 3 aromatic rings. The summed E-state index contributed by atoms with van der Waals surface area (Å²) < 4.78 is 16.1. The number of allylic oxidation sites excluding steroid dienone is 2.